The molecule has 0 aliphatic heterocycles. The highest BCUT2D eigenvalue weighted by atomic mass is 15.2. The minimum atomic E-state index is -0.262. The van der Waals surface area contributed by atoms with Gasteiger partial charge in [0.2, 0.25) is 0 Å². The first kappa shape index (κ1) is 13.8. The Kier molecular flexibility index (Phi) is 4.64. The zero-order valence-corrected chi connectivity index (χ0v) is 11.9. The number of unbranched alkanes of at least 4 members (excludes halogenated alkanes) is 2. The highest BCUT2D eigenvalue weighted by Gasteiger charge is 2.48. The Morgan fingerprint density at radius 2 is 2.00 bits per heavy atom. The average Bonchev–Trinajstić information content (AvgIpc) is 3.21. The molecule has 0 radical (unpaired) electrons. The van der Waals surface area contributed by atoms with Crippen molar-refractivity contribution in [2.45, 2.75) is 63.5 Å². The average molecular weight is 249 g/mol. The first-order valence-corrected chi connectivity index (χ1v) is 7.57. The number of hydrogen-bond acceptors (Lipinski definition) is 3. The van der Waals surface area contributed by atoms with E-state index in [0.717, 1.165) is 13.1 Å². The zero-order chi connectivity index (χ0) is 13.0. The van der Waals surface area contributed by atoms with Crippen LogP contribution in [0, 0.1) is 17.2 Å². The Morgan fingerprint density at radius 1 is 1.28 bits per heavy atom. The molecule has 2 rings (SSSR count). The van der Waals surface area contributed by atoms with E-state index in [4.69, 9.17) is 0 Å². The maximum Gasteiger partial charge on any atom is 0.122 e. The van der Waals surface area contributed by atoms with Crippen LogP contribution in [-0.2, 0) is 0 Å². The smallest absolute Gasteiger partial charge is 0.122 e. The Morgan fingerprint density at radius 3 is 2.50 bits per heavy atom. The summed E-state index contributed by atoms with van der Waals surface area (Å²) < 4.78 is 0. The molecule has 3 heteroatoms. The minimum absolute atomic E-state index is 0.262. The molecule has 0 aromatic rings. The quantitative estimate of drug-likeness (QED) is 0.638. The molecule has 0 spiro atoms. The molecule has 0 heterocycles. The first-order chi connectivity index (χ1) is 8.70. The maximum atomic E-state index is 9.64. The van der Waals surface area contributed by atoms with E-state index in [1.807, 2.05) is 0 Å². The molecule has 2 saturated carbocycles. The number of likely N-dealkylation sites (N-methyl/N-ethyl adjacent to an activating group) is 1. The van der Waals surface area contributed by atoms with Crippen LogP contribution in [0.15, 0.2) is 0 Å². The first-order valence-electron chi connectivity index (χ1n) is 7.57. The number of nitrogens with zero attached hydrogens (tertiary/aromatic N) is 2. The van der Waals surface area contributed by atoms with Crippen molar-refractivity contribution in [3.05, 3.63) is 0 Å². The predicted octanol–water partition coefficient (Wildman–Crippen LogP) is 2.53. The van der Waals surface area contributed by atoms with E-state index in [9.17, 15) is 5.26 Å². The zero-order valence-electron chi connectivity index (χ0n) is 11.9. The van der Waals surface area contributed by atoms with E-state index in [-0.39, 0.29) is 5.54 Å². The molecular weight excluding hydrogens is 222 g/mol. The van der Waals surface area contributed by atoms with Crippen molar-refractivity contribution < 1.29 is 0 Å². The van der Waals surface area contributed by atoms with Gasteiger partial charge in [0.1, 0.15) is 5.54 Å². The fourth-order valence-electron chi connectivity index (χ4n) is 2.76. The number of rotatable bonds is 9. The van der Waals surface area contributed by atoms with Gasteiger partial charge < -0.3 is 4.90 Å². The van der Waals surface area contributed by atoms with Crippen molar-refractivity contribution in [3.63, 3.8) is 0 Å². The SMILES string of the molecule is CCCCCN(C)CC(C#N)(NC1CC1)C1CC1. The van der Waals surface area contributed by atoms with E-state index in [1.54, 1.807) is 0 Å². The molecule has 0 aromatic heterocycles. The van der Waals surface area contributed by atoms with Gasteiger partial charge in [0, 0.05) is 12.6 Å². The van der Waals surface area contributed by atoms with Crippen LogP contribution in [0.1, 0.15) is 51.9 Å². The van der Waals surface area contributed by atoms with Crippen LogP contribution in [0.5, 0.6) is 0 Å². The molecule has 0 aromatic carbocycles. The van der Waals surface area contributed by atoms with Crippen LogP contribution in [0.4, 0.5) is 0 Å². The summed E-state index contributed by atoms with van der Waals surface area (Å²) in [5.74, 6) is 0.594. The summed E-state index contributed by atoms with van der Waals surface area (Å²) in [6.07, 6.45) is 8.80. The lowest BCUT2D eigenvalue weighted by Gasteiger charge is -2.32. The third-order valence-corrected chi connectivity index (χ3v) is 4.18. The van der Waals surface area contributed by atoms with Crippen molar-refractivity contribution in [2.75, 3.05) is 20.1 Å². The van der Waals surface area contributed by atoms with E-state index < -0.39 is 0 Å². The molecular formula is C15H27N3. The Balaban J connectivity index is 1.85. The maximum absolute atomic E-state index is 9.64. The largest absolute Gasteiger partial charge is 0.303 e. The molecule has 0 saturated heterocycles. The lowest BCUT2D eigenvalue weighted by Crippen LogP contribution is -2.54. The molecule has 102 valence electrons. The molecule has 1 unspecified atom stereocenters. The van der Waals surface area contributed by atoms with Gasteiger partial charge in [0.05, 0.1) is 6.07 Å². The van der Waals surface area contributed by atoms with Gasteiger partial charge in [0.15, 0.2) is 0 Å². The number of nitriles is 1. The molecule has 1 atom stereocenters. The Bertz CT molecular complexity index is 301. The van der Waals surface area contributed by atoms with Gasteiger partial charge in [-0.25, -0.2) is 0 Å². The second-order valence-electron chi connectivity index (χ2n) is 6.22. The molecule has 1 N–H and O–H groups in total. The van der Waals surface area contributed by atoms with Gasteiger partial charge in [0.25, 0.3) is 0 Å². The summed E-state index contributed by atoms with van der Waals surface area (Å²) in [6.45, 7) is 4.25. The van der Waals surface area contributed by atoms with E-state index >= 15 is 0 Å². The topological polar surface area (TPSA) is 39.1 Å². The molecule has 2 aliphatic carbocycles. The van der Waals surface area contributed by atoms with E-state index in [1.165, 1.54) is 44.9 Å². The van der Waals surface area contributed by atoms with E-state index in [2.05, 4.69) is 30.3 Å². The fourth-order valence-corrected chi connectivity index (χ4v) is 2.76. The van der Waals surface area contributed by atoms with Crippen LogP contribution in [0.3, 0.4) is 0 Å². The van der Waals surface area contributed by atoms with Gasteiger partial charge in [-0.1, -0.05) is 19.8 Å². The summed E-state index contributed by atoms with van der Waals surface area (Å²) in [6, 6.07) is 3.24. The standard InChI is InChI=1S/C15H27N3/c1-3-4-5-10-18(2)12-15(11-16,13-6-7-13)17-14-8-9-14/h13-14,17H,3-10,12H2,1-2H3. The summed E-state index contributed by atoms with van der Waals surface area (Å²) in [5.41, 5.74) is -0.262. The van der Waals surface area contributed by atoms with Crippen molar-refractivity contribution in [2.24, 2.45) is 5.92 Å². The van der Waals surface area contributed by atoms with Crippen molar-refractivity contribution in [1.29, 1.82) is 5.26 Å². The van der Waals surface area contributed by atoms with Crippen molar-refractivity contribution in [3.8, 4) is 6.07 Å². The Hall–Kier alpha value is -0.590. The molecule has 3 nitrogen and oxygen atoms in total. The second kappa shape index (κ2) is 6.04. The second-order valence-corrected chi connectivity index (χ2v) is 6.22. The van der Waals surface area contributed by atoms with Gasteiger partial charge in [-0.05, 0) is 51.6 Å². The molecule has 18 heavy (non-hydrogen) atoms. The van der Waals surface area contributed by atoms with Crippen LogP contribution >= 0.6 is 0 Å². The van der Waals surface area contributed by atoms with Crippen LogP contribution < -0.4 is 5.32 Å². The summed E-state index contributed by atoms with van der Waals surface area (Å²) in [7, 11) is 2.17. The van der Waals surface area contributed by atoms with Gasteiger partial charge in [-0.15, -0.1) is 0 Å². The minimum Gasteiger partial charge on any atom is -0.303 e. The van der Waals surface area contributed by atoms with Gasteiger partial charge in [-0.2, -0.15) is 5.26 Å². The normalized spacial score (nSPS) is 22.8. The molecule has 0 bridgehead atoms. The summed E-state index contributed by atoms with van der Waals surface area (Å²) >= 11 is 0. The molecule has 2 fully saturated rings. The highest BCUT2D eigenvalue weighted by Crippen LogP contribution is 2.41. The monoisotopic (exact) mass is 249 g/mol. The van der Waals surface area contributed by atoms with Crippen molar-refractivity contribution in [1.82, 2.24) is 10.2 Å². The van der Waals surface area contributed by atoms with Gasteiger partial charge >= 0.3 is 0 Å². The van der Waals surface area contributed by atoms with Crippen molar-refractivity contribution >= 4 is 0 Å². The van der Waals surface area contributed by atoms with Crippen LogP contribution in [-0.4, -0.2) is 36.6 Å². The molecule has 0 amide bonds. The third kappa shape index (κ3) is 3.70. The van der Waals surface area contributed by atoms with Crippen LogP contribution in [0.2, 0.25) is 0 Å². The Labute approximate surface area is 112 Å². The summed E-state index contributed by atoms with van der Waals surface area (Å²) in [5, 5.41) is 13.3. The molecule has 2 aliphatic rings. The lowest BCUT2D eigenvalue weighted by atomic mass is 9.94. The predicted molar refractivity (Wildman–Crippen MR) is 74.2 cm³/mol. The highest BCUT2D eigenvalue weighted by molar-refractivity contribution is 5.18. The number of nitrogens with one attached hydrogen (secondary N) is 1. The third-order valence-electron chi connectivity index (χ3n) is 4.18. The summed E-state index contributed by atoms with van der Waals surface area (Å²) in [4.78, 5) is 2.35. The number of hydrogen-bond donors (Lipinski definition) is 1. The van der Waals surface area contributed by atoms with E-state index in [0.29, 0.717) is 12.0 Å². The van der Waals surface area contributed by atoms with Gasteiger partial charge in [-0.3, -0.25) is 5.32 Å². The lowest BCUT2D eigenvalue weighted by molar-refractivity contribution is 0.223. The van der Waals surface area contributed by atoms with Crippen LogP contribution in [0.25, 0.3) is 0 Å². The fraction of sp³-hybridized carbons (Fsp3) is 0.933.